The summed E-state index contributed by atoms with van der Waals surface area (Å²) in [5, 5.41) is 4.77. The number of hydrogen-bond donors (Lipinski definition) is 1. The molecule has 1 aromatic carbocycles. The average Bonchev–Trinajstić information content (AvgIpc) is 3.53. The Morgan fingerprint density at radius 1 is 1.15 bits per heavy atom. The summed E-state index contributed by atoms with van der Waals surface area (Å²) in [7, 11) is -3.69. The fourth-order valence-corrected chi connectivity index (χ4v) is 5.84. The van der Waals surface area contributed by atoms with Gasteiger partial charge in [-0.25, -0.2) is 22.3 Å². The van der Waals surface area contributed by atoms with Crippen molar-refractivity contribution in [1.29, 1.82) is 0 Å². The summed E-state index contributed by atoms with van der Waals surface area (Å²) in [6.07, 6.45) is 5.72. The monoisotopic (exact) mass is 549 g/mol. The van der Waals surface area contributed by atoms with Crippen LogP contribution in [0.15, 0.2) is 28.7 Å². The molecule has 5 rings (SSSR count). The van der Waals surface area contributed by atoms with Gasteiger partial charge in [-0.2, -0.15) is 5.10 Å². The van der Waals surface area contributed by atoms with Gasteiger partial charge < -0.3 is 4.90 Å². The maximum absolute atomic E-state index is 14.3. The molecule has 11 heteroatoms. The van der Waals surface area contributed by atoms with Crippen molar-refractivity contribution in [2.45, 2.75) is 51.0 Å². The van der Waals surface area contributed by atoms with Gasteiger partial charge in [0.2, 0.25) is 10.0 Å². The van der Waals surface area contributed by atoms with Crippen LogP contribution in [0.3, 0.4) is 0 Å². The lowest BCUT2D eigenvalue weighted by Crippen LogP contribution is -2.39. The highest BCUT2D eigenvalue weighted by Crippen LogP contribution is 2.40. The molecule has 3 heterocycles. The zero-order chi connectivity index (χ0) is 24.2. The minimum absolute atomic E-state index is 0.0276. The number of amides is 1. The molecule has 3 aromatic rings. The van der Waals surface area contributed by atoms with E-state index in [9.17, 15) is 17.6 Å². The van der Waals surface area contributed by atoms with Gasteiger partial charge in [-0.05, 0) is 73.2 Å². The largest absolute Gasteiger partial charge is 0.330 e. The molecule has 0 spiro atoms. The van der Waals surface area contributed by atoms with Crippen molar-refractivity contribution < 1.29 is 17.6 Å². The minimum Gasteiger partial charge on any atom is -0.330 e. The van der Waals surface area contributed by atoms with Gasteiger partial charge in [0.15, 0.2) is 5.65 Å². The van der Waals surface area contributed by atoms with Crippen molar-refractivity contribution in [1.82, 2.24) is 19.5 Å². The van der Waals surface area contributed by atoms with E-state index >= 15 is 0 Å². The lowest BCUT2D eigenvalue weighted by atomic mass is 9.98. The fraction of sp³-hybridized carbons (Fsp3) is 0.435. The Balaban J connectivity index is 1.54. The van der Waals surface area contributed by atoms with E-state index in [0.29, 0.717) is 18.9 Å². The van der Waals surface area contributed by atoms with Crippen molar-refractivity contribution in [3.8, 4) is 0 Å². The number of aromatic nitrogens is 3. The van der Waals surface area contributed by atoms with E-state index in [2.05, 4.69) is 26.7 Å². The van der Waals surface area contributed by atoms with Gasteiger partial charge >= 0.3 is 0 Å². The topological polar surface area (TPSA) is 96.7 Å². The quantitative estimate of drug-likeness (QED) is 0.503. The van der Waals surface area contributed by atoms with Crippen molar-refractivity contribution in [3.63, 3.8) is 0 Å². The molecule has 2 fully saturated rings. The first kappa shape index (κ1) is 23.2. The summed E-state index contributed by atoms with van der Waals surface area (Å²) >= 11 is 3.20. The van der Waals surface area contributed by atoms with E-state index in [1.54, 1.807) is 9.42 Å². The van der Waals surface area contributed by atoms with Crippen LogP contribution in [-0.2, 0) is 10.0 Å². The lowest BCUT2D eigenvalue weighted by molar-refractivity contribution is 0.0606. The first-order chi connectivity index (χ1) is 16.1. The van der Waals surface area contributed by atoms with Gasteiger partial charge in [0, 0.05) is 34.4 Å². The van der Waals surface area contributed by atoms with Gasteiger partial charge in [0.25, 0.3) is 5.91 Å². The number of carbonyl (C=O) groups excluding carboxylic acids is 1. The Labute approximate surface area is 205 Å². The molecule has 0 radical (unpaired) electrons. The molecular formula is C23H25BrFN5O3S. The Morgan fingerprint density at radius 3 is 2.62 bits per heavy atom. The summed E-state index contributed by atoms with van der Waals surface area (Å²) in [5.41, 5.74) is 3.53. The van der Waals surface area contributed by atoms with E-state index in [-0.39, 0.29) is 21.8 Å². The molecule has 8 nitrogen and oxygen atoms in total. The van der Waals surface area contributed by atoms with E-state index in [4.69, 9.17) is 10.1 Å². The van der Waals surface area contributed by atoms with Crippen LogP contribution < -0.4 is 4.72 Å². The number of halogens is 2. The summed E-state index contributed by atoms with van der Waals surface area (Å²) in [6, 6.07) is 5.88. The Hall–Kier alpha value is -2.53. The second kappa shape index (κ2) is 8.60. The zero-order valence-electron chi connectivity index (χ0n) is 18.9. The number of nitrogens with one attached hydrogen (secondary N) is 1. The SMILES string of the molecule is Cc1cc(C2CC2)nc2cc([C@@H]3CCCCN3C(=O)c3cc(F)cc(Br)c3NS(C)(=O)=O)nn12. The van der Waals surface area contributed by atoms with Crippen LogP contribution in [0.25, 0.3) is 5.65 Å². The van der Waals surface area contributed by atoms with Crippen LogP contribution >= 0.6 is 15.9 Å². The normalized spacial score (nSPS) is 18.9. The van der Waals surface area contributed by atoms with Crippen LogP contribution in [0.5, 0.6) is 0 Å². The summed E-state index contributed by atoms with van der Waals surface area (Å²) in [6.45, 7) is 2.46. The third kappa shape index (κ3) is 4.55. The van der Waals surface area contributed by atoms with Crippen molar-refractivity contribution in [2.75, 3.05) is 17.5 Å². The minimum atomic E-state index is -3.69. The number of sulfonamides is 1. The highest BCUT2D eigenvalue weighted by molar-refractivity contribution is 9.10. The third-order valence-electron chi connectivity index (χ3n) is 6.32. The fourth-order valence-electron chi connectivity index (χ4n) is 4.59. The van der Waals surface area contributed by atoms with E-state index in [1.807, 2.05) is 13.0 Å². The molecule has 1 aliphatic carbocycles. The summed E-state index contributed by atoms with van der Waals surface area (Å²) < 4.78 is 42.4. The Bertz CT molecular complexity index is 1400. The first-order valence-corrected chi connectivity index (χ1v) is 13.9. The van der Waals surface area contributed by atoms with Crippen LogP contribution in [0.2, 0.25) is 0 Å². The highest BCUT2D eigenvalue weighted by atomic mass is 79.9. The Kier molecular flexibility index (Phi) is 5.87. The zero-order valence-corrected chi connectivity index (χ0v) is 21.3. The van der Waals surface area contributed by atoms with E-state index < -0.39 is 21.7 Å². The van der Waals surface area contributed by atoms with Gasteiger partial charge in [-0.1, -0.05) is 0 Å². The number of fused-ring (bicyclic) bond motifs is 1. The molecule has 2 aromatic heterocycles. The molecule has 0 bridgehead atoms. The van der Waals surface area contributed by atoms with Gasteiger partial charge in [-0.15, -0.1) is 0 Å². The molecule has 1 saturated heterocycles. The molecule has 1 atom stereocenters. The molecule has 1 N–H and O–H groups in total. The number of carbonyl (C=O) groups is 1. The maximum atomic E-state index is 14.3. The first-order valence-electron chi connectivity index (χ1n) is 11.3. The van der Waals surface area contributed by atoms with Crippen LogP contribution in [-0.4, -0.2) is 46.6 Å². The van der Waals surface area contributed by atoms with Crippen LogP contribution in [0.4, 0.5) is 10.1 Å². The number of hydrogen-bond acceptors (Lipinski definition) is 5. The molecule has 0 unspecified atom stereocenters. The molecule has 1 amide bonds. The van der Waals surface area contributed by atoms with Gasteiger partial charge in [0.1, 0.15) is 5.82 Å². The molecule has 2 aliphatic rings. The predicted molar refractivity (Wildman–Crippen MR) is 130 cm³/mol. The van der Waals surface area contributed by atoms with Gasteiger partial charge in [-0.3, -0.25) is 9.52 Å². The van der Waals surface area contributed by atoms with Crippen molar-refractivity contribution >= 4 is 43.2 Å². The maximum Gasteiger partial charge on any atom is 0.256 e. The second-order valence-corrected chi connectivity index (χ2v) is 11.7. The number of rotatable bonds is 5. The number of likely N-dealkylation sites (tertiary alicyclic amines) is 1. The Morgan fingerprint density at radius 2 is 1.91 bits per heavy atom. The summed E-state index contributed by atoms with van der Waals surface area (Å²) in [5.74, 6) is -0.568. The standard InChI is InChI=1S/C23H25BrFN5O3S/c1-13-9-18(14-6-7-14)26-21-12-19(27-30(13)21)20-5-3-4-8-29(20)23(31)16-10-15(25)11-17(24)22(16)28-34(2,32)33/h9-12,14,20,28H,3-8H2,1-2H3/t20-/m0/s1. The third-order valence-corrected chi connectivity index (χ3v) is 7.52. The molecule has 1 aliphatic heterocycles. The predicted octanol–water partition coefficient (Wildman–Crippen LogP) is 4.56. The van der Waals surface area contributed by atoms with Gasteiger partial charge in [0.05, 0.1) is 29.2 Å². The number of nitrogens with zero attached hydrogens (tertiary/aromatic N) is 4. The second-order valence-electron chi connectivity index (χ2n) is 9.13. The van der Waals surface area contributed by atoms with Crippen molar-refractivity contribution in [2.24, 2.45) is 0 Å². The average molecular weight is 550 g/mol. The molecule has 1 saturated carbocycles. The molecule has 180 valence electrons. The van der Waals surface area contributed by atoms with Crippen LogP contribution in [0, 0.1) is 12.7 Å². The number of anilines is 1. The van der Waals surface area contributed by atoms with E-state index in [0.717, 1.165) is 66.8 Å². The molecular weight excluding hydrogens is 525 g/mol. The number of piperidine rings is 1. The van der Waals surface area contributed by atoms with Crippen LogP contribution in [0.1, 0.15) is 71.5 Å². The number of aryl methyl sites for hydroxylation is 1. The lowest BCUT2D eigenvalue weighted by Gasteiger charge is -2.35. The highest BCUT2D eigenvalue weighted by Gasteiger charge is 2.33. The molecule has 34 heavy (non-hydrogen) atoms. The smallest absolute Gasteiger partial charge is 0.256 e. The van der Waals surface area contributed by atoms with E-state index in [1.165, 1.54) is 0 Å². The number of benzene rings is 1. The van der Waals surface area contributed by atoms with Crippen molar-refractivity contribution in [3.05, 3.63) is 57.2 Å². The summed E-state index contributed by atoms with van der Waals surface area (Å²) in [4.78, 5) is 20.1.